The second-order valence-corrected chi connectivity index (χ2v) is 7.93. The van der Waals surface area contributed by atoms with Crippen molar-refractivity contribution in [2.75, 3.05) is 0 Å². The number of ketones is 1. The maximum absolute atomic E-state index is 13.0. The number of nitrogens with one attached hydrogen (secondary N) is 2. The molecule has 4 rings (SSSR count). The fourth-order valence-corrected chi connectivity index (χ4v) is 3.72. The molecular formula is C22H20N4O3S. The molecule has 2 aromatic heterocycles. The minimum absolute atomic E-state index is 0.0618. The summed E-state index contributed by atoms with van der Waals surface area (Å²) in [5, 5.41) is 5.45. The maximum Gasteiger partial charge on any atom is 0.289 e. The molecule has 1 atom stereocenters. The van der Waals surface area contributed by atoms with Gasteiger partial charge in [-0.25, -0.2) is 4.98 Å². The first-order valence-electron chi connectivity index (χ1n) is 9.66. The number of hydrogen-bond donors (Lipinski definition) is 2. The van der Waals surface area contributed by atoms with Crippen LogP contribution in [0.5, 0.6) is 0 Å². The van der Waals surface area contributed by atoms with Crippen LogP contribution in [0.3, 0.4) is 0 Å². The molecule has 1 fully saturated rings. The Kier molecular flexibility index (Phi) is 5.94. The Labute approximate surface area is 177 Å². The zero-order valence-corrected chi connectivity index (χ0v) is 16.9. The number of amides is 2. The second kappa shape index (κ2) is 8.96. The molecule has 30 heavy (non-hydrogen) atoms. The number of carbonyl (C=O) groups is 3. The van der Waals surface area contributed by atoms with Crippen LogP contribution in [-0.2, 0) is 16.0 Å². The summed E-state index contributed by atoms with van der Waals surface area (Å²) in [5.41, 5.74) is 3.43. The molecule has 2 heterocycles. The Morgan fingerprint density at radius 2 is 1.80 bits per heavy atom. The van der Waals surface area contributed by atoms with E-state index in [4.69, 9.17) is 0 Å². The van der Waals surface area contributed by atoms with Crippen LogP contribution in [0.1, 0.15) is 28.1 Å². The van der Waals surface area contributed by atoms with Gasteiger partial charge in [0, 0.05) is 18.7 Å². The van der Waals surface area contributed by atoms with Gasteiger partial charge in [-0.1, -0.05) is 36.4 Å². The SMILES string of the molecule is O=C(NC1CC1)C(=O)[C@H](Cc1ccccc1)NC(=O)c1scnc1-c1ccccn1. The monoisotopic (exact) mass is 420 g/mol. The normalized spacial score (nSPS) is 14.0. The molecule has 0 bridgehead atoms. The highest BCUT2D eigenvalue weighted by molar-refractivity contribution is 7.12. The second-order valence-electron chi connectivity index (χ2n) is 7.07. The fraction of sp³-hybridized carbons (Fsp3) is 0.227. The van der Waals surface area contributed by atoms with Crippen molar-refractivity contribution in [3.05, 3.63) is 70.7 Å². The molecule has 1 aromatic carbocycles. The summed E-state index contributed by atoms with van der Waals surface area (Å²) in [7, 11) is 0. The lowest BCUT2D eigenvalue weighted by atomic mass is 10.0. The van der Waals surface area contributed by atoms with Gasteiger partial charge in [0.2, 0.25) is 5.78 Å². The number of aromatic nitrogens is 2. The van der Waals surface area contributed by atoms with Crippen molar-refractivity contribution in [3.8, 4) is 11.4 Å². The molecule has 2 amide bonds. The van der Waals surface area contributed by atoms with E-state index in [0.29, 0.717) is 16.3 Å². The highest BCUT2D eigenvalue weighted by Crippen LogP contribution is 2.24. The van der Waals surface area contributed by atoms with Crippen LogP contribution in [0.15, 0.2) is 60.2 Å². The van der Waals surface area contributed by atoms with Crippen molar-refractivity contribution >= 4 is 28.9 Å². The Balaban J connectivity index is 1.55. The van der Waals surface area contributed by atoms with Gasteiger partial charge in [-0.3, -0.25) is 19.4 Å². The zero-order chi connectivity index (χ0) is 20.9. The highest BCUT2D eigenvalue weighted by Gasteiger charge is 2.32. The van der Waals surface area contributed by atoms with Crippen molar-refractivity contribution in [2.24, 2.45) is 0 Å². The molecule has 0 radical (unpaired) electrons. The lowest BCUT2D eigenvalue weighted by Gasteiger charge is -2.17. The number of thiazole rings is 1. The van der Waals surface area contributed by atoms with Gasteiger partial charge in [0.1, 0.15) is 16.6 Å². The number of nitrogens with zero attached hydrogens (tertiary/aromatic N) is 2. The molecule has 8 heteroatoms. The molecule has 7 nitrogen and oxygen atoms in total. The van der Waals surface area contributed by atoms with Crippen molar-refractivity contribution < 1.29 is 14.4 Å². The summed E-state index contributed by atoms with van der Waals surface area (Å²) >= 11 is 1.17. The van der Waals surface area contributed by atoms with E-state index in [9.17, 15) is 14.4 Å². The van der Waals surface area contributed by atoms with Crippen LogP contribution in [0.25, 0.3) is 11.4 Å². The van der Waals surface area contributed by atoms with Crippen LogP contribution in [0.4, 0.5) is 0 Å². The maximum atomic E-state index is 13.0. The van der Waals surface area contributed by atoms with Gasteiger partial charge in [0.25, 0.3) is 11.8 Å². The van der Waals surface area contributed by atoms with Gasteiger partial charge >= 0.3 is 0 Å². The first kappa shape index (κ1) is 19.9. The summed E-state index contributed by atoms with van der Waals surface area (Å²) in [4.78, 5) is 47.0. The van der Waals surface area contributed by atoms with Crippen LogP contribution in [0.2, 0.25) is 0 Å². The number of benzene rings is 1. The zero-order valence-electron chi connectivity index (χ0n) is 16.1. The van der Waals surface area contributed by atoms with Gasteiger partial charge in [-0.2, -0.15) is 0 Å². The number of carbonyl (C=O) groups excluding carboxylic acids is 3. The third-order valence-electron chi connectivity index (χ3n) is 4.72. The van der Waals surface area contributed by atoms with E-state index in [2.05, 4.69) is 20.6 Å². The van der Waals surface area contributed by atoms with Gasteiger partial charge in [0.05, 0.1) is 11.2 Å². The predicted octanol–water partition coefficient (Wildman–Crippen LogP) is 2.39. The molecule has 1 aliphatic carbocycles. The fourth-order valence-electron chi connectivity index (χ4n) is 3.02. The van der Waals surface area contributed by atoms with Crippen molar-refractivity contribution in [1.82, 2.24) is 20.6 Å². The van der Waals surface area contributed by atoms with Crippen LogP contribution in [0, 0.1) is 0 Å². The van der Waals surface area contributed by atoms with Crippen LogP contribution < -0.4 is 10.6 Å². The van der Waals surface area contributed by atoms with E-state index >= 15 is 0 Å². The predicted molar refractivity (Wildman–Crippen MR) is 113 cm³/mol. The minimum atomic E-state index is -0.975. The number of Topliss-reactive ketones (excluding diaryl/α,β-unsaturated/α-hetero) is 1. The largest absolute Gasteiger partial charge is 0.347 e. The molecule has 1 aliphatic rings. The summed E-state index contributed by atoms with van der Waals surface area (Å²) in [6.07, 6.45) is 3.60. The summed E-state index contributed by atoms with van der Waals surface area (Å²) in [6.45, 7) is 0. The van der Waals surface area contributed by atoms with Gasteiger partial charge < -0.3 is 10.6 Å². The molecule has 0 aliphatic heterocycles. The molecule has 0 spiro atoms. The molecular weight excluding hydrogens is 400 g/mol. The van der Waals surface area contributed by atoms with E-state index in [-0.39, 0.29) is 12.5 Å². The number of hydrogen-bond acceptors (Lipinski definition) is 6. The average molecular weight is 420 g/mol. The van der Waals surface area contributed by atoms with Gasteiger partial charge in [-0.05, 0) is 30.5 Å². The van der Waals surface area contributed by atoms with E-state index < -0.39 is 23.6 Å². The third kappa shape index (κ3) is 4.77. The minimum Gasteiger partial charge on any atom is -0.347 e. The number of rotatable bonds is 8. The first-order valence-corrected chi connectivity index (χ1v) is 10.5. The summed E-state index contributed by atoms with van der Waals surface area (Å²) in [5.74, 6) is -1.76. The number of pyridine rings is 1. The van der Waals surface area contributed by atoms with Gasteiger partial charge in [-0.15, -0.1) is 11.3 Å². The molecule has 152 valence electrons. The standard InChI is InChI=1S/C22H20N4O3S/c27-19(21(28)25-15-9-10-15)17(12-14-6-2-1-3-7-14)26-22(29)20-18(24-13-30-20)16-8-4-5-11-23-16/h1-8,11,13,15,17H,9-10,12H2,(H,25,28)(H,26,29)/t17-/m0/s1. The molecule has 2 N–H and O–H groups in total. The van der Waals surface area contributed by atoms with Crippen molar-refractivity contribution in [1.29, 1.82) is 0 Å². The molecule has 0 saturated heterocycles. The highest BCUT2D eigenvalue weighted by atomic mass is 32.1. The molecule has 1 saturated carbocycles. The van der Waals surface area contributed by atoms with Crippen molar-refractivity contribution in [2.45, 2.75) is 31.3 Å². The topological polar surface area (TPSA) is 101 Å². The lowest BCUT2D eigenvalue weighted by Crippen LogP contribution is -2.49. The smallest absolute Gasteiger partial charge is 0.289 e. The average Bonchev–Trinajstić information content (AvgIpc) is 3.45. The third-order valence-corrected chi connectivity index (χ3v) is 5.55. The summed E-state index contributed by atoms with van der Waals surface area (Å²) in [6, 6.07) is 13.7. The lowest BCUT2D eigenvalue weighted by molar-refractivity contribution is -0.139. The van der Waals surface area contributed by atoms with Gasteiger partial charge in [0.15, 0.2) is 0 Å². The van der Waals surface area contributed by atoms with Crippen molar-refractivity contribution in [3.63, 3.8) is 0 Å². The Hall–Kier alpha value is -3.39. The Morgan fingerprint density at radius 3 is 2.50 bits per heavy atom. The Bertz CT molecular complexity index is 1050. The summed E-state index contributed by atoms with van der Waals surface area (Å²) < 4.78 is 0. The van der Waals surface area contributed by atoms with E-state index in [1.54, 1.807) is 23.8 Å². The quantitative estimate of drug-likeness (QED) is 0.545. The Morgan fingerprint density at radius 1 is 1.03 bits per heavy atom. The first-order chi connectivity index (χ1) is 14.6. The van der Waals surface area contributed by atoms with Crippen LogP contribution >= 0.6 is 11.3 Å². The van der Waals surface area contributed by atoms with E-state index in [0.717, 1.165) is 18.4 Å². The van der Waals surface area contributed by atoms with E-state index in [1.807, 2.05) is 36.4 Å². The van der Waals surface area contributed by atoms with E-state index in [1.165, 1.54) is 11.3 Å². The molecule has 0 unspecified atom stereocenters. The van der Waals surface area contributed by atoms with Crippen LogP contribution in [-0.4, -0.2) is 39.6 Å². The molecule has 3 aromatic rings.